The van der Waals surface area contributed by atoms with E-state index in [1.54, 1.807) is 7.11 Å². The molecule has 1 aromatic carbocycles. The number of rotatable bonds is 5. The van der Waals surface area contributed by atoms with Crippen LogP contribution in [0.1, 0.15) is 69.9 Å². The van der Waals surface area contributed by atoms with Crippen LogP contribution in [0.3, 0.4) is 0 Å². The molecule has 1 aliphatic carbocycles. The van der Waals surface area contributed by atoms with Crippen molar-refractivity contribution in [2.45, 2.75) is 69.9 Å². The minimum absolute atomic E-state index is 0.0432. The van der Waals surface area contributed by atoms with E-state index in [9.17, 15) is 0 Å². The van der Waals surface area contributed by atoms with Gasteiger partial charge >= 0.3 is 0 Å². The SMILES string of the molecule is CCCCNC1CC2(CCCCC2)Oc2cc(OC)ccc21. The number of nitrogens with one attached hydrogen (secondary N) is 1. The molecular formula is C19H29NO2. The average Bonchev–Trinajstić information content (AvgIpc) is 2.55. The fourth-order valence-electron chi connectivity index (χ4n) is 3.91. The molecule has 22 heavy (non-hydrogen) atoms. The zero-order valence-corrected chi connectivity index (χ0v) is 14.0. The smallest absolute Gasteiger partial charge is 0.128 e. The largest absolute Gasteiger partial charge is 0.497 e. The summed E-state index contributed by atoms with van der Waals surface area (Å²) in [5.74, 6) is 1.92. The van der Waals surface area contributed by atoms with Gasteiger partial charge < -0.3 is 14.8 Å². The van der Waals surface area contributed by atoms with Gasteiger partial charge in [-0.1, -0.05) is 25.8 Å². The van der Waals surface area contributed by atoms with E-state index in [0.29, 0.717) is 6.04 Å². The minimum atomic E-state index is 0.0432. The summed E-state index contributed by atoms with van der Waals surface area (Å²) in [5, 5.41) is 3.77. The van der Waals surface area contributed by atoms with Crippen molar-refractivity contribution in [2.24, 2.45) is 0 Å². The first-order chi connectivity index (χ1) is 10.8. The van der Waals surface area contributed by atoms with Crippen molar-refractivity contribution < 1.29 is 9.47 Å². The van der Waals surface area contributed by atoms with Crippen molar-refractivity contribution in [1.82, 2.24) is 5.32 Å². The van der Waals surface area contributed by atoms with Gasteiger partial charge in [-0.25, -0.2) is 0 Å². The molecule has 1 saturated carbocycles. The quantitative estimate of drug-likeness (QED) is 0.806. The first-order valence-corrected chi connectivity index (χ1v) is 8.87. The van der Waals surface area contributed by atoms with E-state index in [0.717, 1.165) is 24.5 Å². The first-order valence-electron chi connectivity index (χ1n) is 8.87. The normalized spacial score (nSPS) is 22.9. The summed E-state index contributed by atoms with van der Waals surface area (Å²) in [6.07, 6.45) is 9.89. The molecule has 0 radical (unpaired) electrons. The second-order valence-electron chi connectivity index (χ2n) is 6.81. The second-order valence-corrected chi connectivity index (χ2v) is 6.81. The van der Waals surface area contributed by atoms with E-state index < -0.39 is 0 Å². The maximum absolute atomic E-state index is 6.52. The summed E-state index contributed by atoms with van der Waals surface area (Å²) in [6, 6.07) is 6.71. The highest BCUT2D eigenvalue weighted by Gasteiger charge is 2.41. The fraction of sp³-hybridized carbons (Fsp3) is 0.684. The molecule has 2 aliphatic rings. The summed E-state index contributed by atoms with van der Waals surface area (Å²) in [6.45, 7) is 3.33. The average molecular weight is 303 g/mol. The van der Waals surface area contributed by atoms with Crippen molar-refractivity contribution in [3.63, 3.8) is 0 Å². The third kappa shape index (κ3) is 3.24. The van der Waals surface area contributed by atoms with Crippen LogP contribution in [0.5, 0.6) is 11.5 Å². The molecule has 0 saturated heterocycles. The fourth-order valence-corrected chi connectivity index (χ4v) is 3.91. The van der Waals surface area contributed by atoms with Crippen LogP contribution in [-0.2, 0) is 0 Å². The molecule has 0 amide bonds. The predicted molar refractivity (Wildman–Crippen MR) is 89.7 cm³/mol. The topological polar surface area (TPSA) is 30.5 Å². The number of fused-ring (bicyclic) bond motifs is 1. The number of benzene rings is 1. The lowest BCUT2D eigenvalue weighted by atomic mass is 9.77. The number of hydrogen-bond donors (Lipinski definition) is 1. The molecule has 1 aliphatic heterocycles. The van der Waals surface area contributed by atoms with Gasteiger partial charge in [0.15, 0.2) is 0 Å². The van der Waals surface area contributed by atoms with Crippen LogP contribution in [0.25, 0.3) is 0 Å². The van der Waals surface area contributed by atoms with Gasteiger partial charge in [-0.2, -0.15) is 0 Å². The molecule has 1 fully saturated rings. The van der Waals surface area contributed by atoms with E-state index in [1.165, 1.54) is 50.5 Å². The van der Waals surface area contributed by atoms with Gasteiger partial charge in [0, 0.05) is 24.1 Å². The van der Waals surface area contributed by atoms with Gasteiger partial charge in [-0.3, -0.25) is 0 Å². The summed E-state index contributed by atoms with van der Waals surface area (Å²) in [7, 11) is 1.72. The molecule has 1 heterocycles. The maximum Gasteiger partial charge on any atom is 0.128 e. The standard InChI is InChI=1S/C19H29NO2/c1-3-4-12-20-17-14-19(10-6-5-7-11-19)22-18-13-15(21-2)8-9-16(17)18/h8-9,13,17,20H,3-7,10-12,14H2,1-2H3. The third-order valence-electron chi connectivity index (χ3n) is 5.18. The lowest BCUT2D eigenvalue weighted by Gasteiger charge is -2.45. The van der Waals surface area contributed by atoms with Crippen LogP contribution in [0, 0.1) is 0 Å². The third-order valence-corrected chi connectivity index (χ3v) is 5.18. The van der Waals surface area contributed by atoms with Crippen LogP contribution in [-0.4, -0.2) is 19.3 Å². The van der Waals surface area contributed by atoms with Crippen molar-refractivity contribution in [3.8, 4) is 11.5 Å². The van der Waals surface area contributed by atoms with Crippen LogP contribution in [0.4, 0.5) is 0 Å². The molecule has 1 unspecified atom stereocenters. The van der Waals surface area contributed by atoms with E-state index in [-0.39, 0.29) is 5.60 Å². The molecule has 1 aromatic rings. The summed E-state index contributed by atoms with van der Waals surface area (Å²) in [5.41, 5.74) is 1.34. The van der Waals surface area contributed by atoms with E-state index in [2.05, 4.69) is 30.4 Å². The Bertz CT molecular complexity index is 494. The molecule has 3 rings (SSSR count). The van der Waals surface area contributed by atoms with E-state index in [1.807, 2.05) is 0 Å². The molecule has 0 bridgehead atoms. The lowest BCUT2D eigenvalue weighted by Crippen LogP contribution is -2.45. The molecule has 1 N–H and O–H groups in total. The van der Waals surface area contributed by atoms with Crippen molar-refractivity contribution in [3.05, 3.63) is 23.8 Å². The van der Waals surface area contributed by atoms with E-state index in [4.69, 9.17) is 9.47 Å². The Hall–Kier alpha value is -1.22. The number of unbranched alkanes of at least 4 members (excludes halogenated alkanes) is 1. The number of ether oxygens (including phenoxy) is 2. The highest BCUT2D eigenvalue weighted by Crippen LogP contribution is 2.47. The predicted octanol–water partition coefficient (Wildman–Crippen LogP) is 4.61. The molecule has 3 nitrogen and oxygen atoms in total. The zero-order chi connectivity index (χ0) is 15.4. The van der Waals surface area contributed by atoms with Gasteiger partial charge in [-0.15, -0.1) is 0 Å². The Balaban J connectivity index is 1.85. The van der Waals surface area contributed by atoms with Gasteiger partial charge in [0.25, 0.3) is 0 Å². The van der Waals surface area contributed by atoms with Gasteiger partial charge in [0.2, 0.25) is 0 Å². The summed E-state index contributed by atoms with van der Waals surface area (Å²) < 4.78 is 11.9. The molecule has 0 aromatic heterocycles. The number of hydrogen-bond acceptors (Lipinski definition) is 3. The lowest BCUT2D eigenvalue weighted by molar-refractivity contribution is -0.00282. The van der Waals surface area contributed by atoms with Gasteiger partial charge in [0.05, 0.1) is 7.11 Å². The van der Waals surface area contributed by atoms with Crippen LogP contribution in [0.2, 0.25) is 0 Å². The Labute approximate surface area is 134 Å². The van der Waals surface area contributed by atoms with Gasteiger partial charge in [0.1, 0.15) is 17.1 Å². The highest BCUT2D eigenvalue weighted by atomic mass is 16.5. The van der Waals surface area contributed by atoms with Crippen molar-refractivity contribution >= 4 is 0 Å². The highest BCUT2D eigenvalue weighted by molar-refractivity contribution is 5.44. The summed E-state index contributed by atoms with van der Waals surface area (Å²) in [4.78, 5) is 0. The number of methoxy groups -OCH3 is 1. The van der Waals surface area contributed by atoms with Crippen molar-refractivity contribution in [1.29, 1.82) is 0 Å². The van der Waals surface area contributed by atoms with Gasteiger partial charge in [-0.05, 0) is 44.7 Å². The second kappa shape index (κ2) is 6.91. The first kappa shape index (κ1) is 15.7. The Morgan fingerprint density at radius 1 is 1.27 bits per heavy atom. The minimum Gasteiger partial charge on any atom is -0.497 e. The van der Waals surface area contributed by atoms with Crippen LogP contribution in [0.15, 0.2) is 18.2 Å². The molecule has 1 spiro atoms. The molecule has 3 heteroatoms. The zero-order valence-electron chi connectivity index (χ0n) is 14.0. The monoisotopic (exact) mass is 303 g/mol. The van der Waals surface area contributed by atoms with E-state index >= 15 is 0 Å². The Morgan fingerprint density at radius 2 is 2.09 bits per heavy atom. The molecule has 122 valence electrons. The molecule has 1 atom stereocenters. The Kier molecular flexibility index (Phi) is 4.92. The maximum atomic E-state index is 6.52. The van der Waals surface area contributed by atoms with Crippen LogP contribution < -0.4 is 14.8 Å². The molecular weight excluding hydrogens is 274 g/mol. The Morgan fingerprint density at radius 3 is 2.82 bits per heavy atom. The van der Waals surface area contributed by atoms with Crippen molar-refractivity contribution in [2.75, 3.05) is 13.7 Å². The van der Waals surface area contributed by atoms with Crippen LogP contribution >= 0.6 is 0 Å². The summed E-state index contributed by atoms with van der Waals surface area (Å²) >= 11 is 0.